The molecule has 108 valence electrons. The minimum atomic E-state index is -0.752. The van der Waals surface area contributed by atoms with Gasteiger partial charge in [0.2, 0.25) is 0 Å². The summed E-state index contributed by atoms with van der Waals surface area (Å²) in [5.74, 6) is 0.575. The summed E-state index contributed by atoms with van der Waals surface area (Å²) < 4.78 is 5.78. The van der Waals surface area contributed by atoms with E-state index < -0.39 is 6.10 Å². The highest BCUT2D eigenvalue weighted by atomic mass is 16.4. The predicted octanol–water partition coefficient (Wildman–Crippen LogP) is 3.89. The number of hydrogen-bond acceptors (Lipinski definition) is 3. The van der Waals surface area contributed by atoms with Gasteiger partial charge in [-0.3, -0.25) is 0 Å². The normalized spacial score (nSPS) is 12.6. The Morgan fingerprint density at radius 3 is 2.62 bits per heavy atom. The van der Waals surface area contributed by atoms with Crippen LogP contribution in [0, 0.1) is 6.92 Å². The molecule has 1 atom stereocenters. The average molecular weight is 281 g/mol. The van der Waals surface area contributed by atoms with Gasteiger partial charge in [0.05, 0.1) is 0 Å². The number of fused-ring (bicyclic) bond motifs is 1. The molecular formula is C18H19NO2. The van der Waals surface area contributed by atoms with Crippen LogP contribution in [0.2, 0.25) is 0 Å². The van der Waals surface area contributed by atoms with Crippen LogP contribution in [0.15, 0.2) is 52.9 Å². The van der Waals surface area contributed by atoms with E-state index in [9.17, 15) is 5.11 Å². The van der Waals surface area contributed by atoms with E-state index in [2.05, 4.69) is 6.07 Å². The second kappa shape index (κ2) is 5.26. The van der Waals surface area contributed by atoms with Crippen molar-refractivity contribution in [3.05, 3.63) is 65.4 Å². The Kier molecular flexibility index (Phi) is 3.43. The molecule has 21 heavy (non-hydrogen) atoms. The van der Waals surface area contributed by atoms with Gasteiger partial charge in [-0.25, -0.2) is 0 Å². The fraction of sp³-hybridized carbons (Fsp3) is 0.222. The van der Waals surface area contributed by atoms with Crippen molar-refractivity contribution in [2.24, 2.45) is 0 Å². The quantitative estimate of drug-likeness (QED) is 0.791. The highest BCUT2D eigenvalue weighted by Crippen LogP contribution is 2.30. The lowest BCUT2D eigenvalue weighted by Crippen LogP contribution is -2.09. The number of benzene rings is 2. The van der Waals surface area contributed by atoms with Crippen molar-refractivity contribution in [2.45, 2.75) is 13.0 Å². The van der Waals surface area contributed by atoms with Crippen molar-refractivity contribution in [1.82, 2.24) is 0 Å². The molecule has 0 aliphatic heterocycles. The van der Waals surface area contributed by atoms with Gasteiger partial charge in [-0.05, 0) is 42.8 Å². The van der Waals surface area contributed by atoms with Crippen LogP contribution in [-0.4, -0.2) is 19.2 Å². The first-order chi connectivity index (χ1) is 10.0. The van der Waals surface area contributed by atoms with Gasteiger partial charge in [-0.1, -0.05) is 23.8 Å². The molecule has 0 radical (unpaired) electrons. The summed E-state index contributed by atoms with van der Waals surface area (Å²) >= 11 is 0. The Balaban J connectivity index is 1.99. The summed E-state index contributed by atoms with van der Waals surface area (Å²) in [5.41, 5.74) is 3.87. The van der Waals surface area contributed by atoms with Crippen LogP contribution >= 0.6 is 0 Å². The molecule has 0 saturated heterocycles. The molecule has 1 unspecified atom stereocenters. The van der Waals surface area contributed by atoms with Crippen LogP contribution in [0.1, 0.15) is 23.0 Å². The Labute approximate surface area is 124 Å². The smallest absolute Gasteiger partial charge is 0.138 e. The fourth-order valence-electron chi connectivity index (χ4n) is 2.46. The third-order valence-electron chi connectivity index (χ3n) is 3.66. The zero-order valence-corrected chi connectivity index (χ0v) is 12.5. The van der Waals surface area contributed by atoms with Crippen molar-refractivity contribution in [3.8, 4) is 0 Å². The third-order valence-corrected chi connectivity index (χ3v) is 3.66. The molecule has 3 nitrogen and oxygen atoms in total. The molecule has 0 fully saturated rings. The number of nitrogens with zero attached hydrogens (tertiary/aromatic N) is 1. The van der Waals surface area contributed by atoms with E-state index in [1.54, 1.807) is 0 Å². The van der Waals surface area contributed by atoms with Crippen molar-refractivity contribution < 1.29 is 9.52 Å². The van der Waals surface area contributed by atoms with E-state index in [0.29, 0.717) is 5.76 Å². The van der Waals surface area contributed by atoms with Crippen LogP contribution < -0.4 is 4.90 Å². The number of aliphatic hydroxyl groups excluding tert-OH is 1. The molecule has 0 aliphatic carbocycles. The summed E-state index contributed by atoms with van der Waals surface area (Å²) in [6, 6.07) is 15.8. The molecule has 0 spiro atoms. The molecule has 2 aromatic carbocycles. The van der Waals surface area contributed by atoms with Gasteiger partial charge in [0.1, 0.15) is 17.4 Å². The second-order valence-electron chi connectivity index (χ2n) is 5.58. The zero-order valence-electron chi connectivity index (χ0n) is 12.5. The molecule has 1 aromatic heterocycles. The lowest BCUT2D eigenvalue weighted by molar-refractivity contribution is 0.192. The minimum Gasteiger partial charge on any atom is -0.458 e. The Morgan fingerprint density at radius 1 is 1.05 bits per heavy atom. The van der Waals surface area contributed by atoms with Crippen LogP contribution in [0.5, 0.6) is 0 Å². The Morgan fingerprint density at radius 2 is 1.86 bits per heavy atom. The number of hydrogen-bond donors (Lipinski definition) is 1. The number of rotatable bonds is 3. The zero-order chi connectivity index (χ0) is 15.0. The maximum absolute atomic E-state index is 10.6. The van der Waals surface area contributed by atoms with Crippen molar-refractivity contribution in [1.29, 1.82) is 0 Å². The lowest BCUT2D eigenvalue weighted by Gasteiger charge is -2.15. The number of anilines is 1. The van der Waals surface area contributed by atoms with Crippen LogP contribution in [0.4, 0.5) is 5.69 Å². The Bertz CT molecular complexity index is 774. The third kappa shape index (κ3) is 2.65. The van der Waals surface area contributed by atoms with Gasteiger partial charge < -0.3 is 14.4 Å². The SMILES string of the molecule is Cc1ccc2oc(C(O)c3cccc(N(C)C)c3)cc2c1. The van der Waals surface area contributed by atoms with Gasteiger partial charge >= 0.3 is 0 Å². The summed E-state index contributed by atoms with van der Waals surface area (Å²) in [4.78, 5) is 2.01. The van der Waals surface area contributed by atoms with E-state index in [0.717, 1.165) is 22.2 Å². The highest BCUT2D eigenvalue weighted by molar-refractivity contribution is 5.78. The van der Waals surface area contributed by atoms with Crippen LogP contribution in [0.3, 0.4) is 0 Å². The van der Waals surface area contributed by atoms with E-state index in [4.69, 9.17) is 4.42 Å². The van der Waals surface area contributed by atoms with Gasteiger partial charge in [-0.2, -0.15) is 0 Å². The summed E-state index contributed by atoms with van der Waals surface area (Å²) in [6.07, 6.45) is -0.752. The van der Waals surface area contributed by atoms with Gasteiger partial charge in [0.15, 0.2) is 0 Å². The fourth-order valence-corrected chi connectivity index (χ4v) is 2.46. The van der Waals surface area contributed by atoms with E-state index in [1.807, 2.05) is 68.4 Å². The van der Waals surface area contributed by atoms with E-state index in [1.165, 1.54) is 5.56 Å². The van der Waals surface area contributed by atoms with Crippen molar-refractivity contribution in [2.75, 3.05) is 19.0 Å². The van der Waals surface area contributed by atoms with Crippen molar-refractivity contribution >= 4 is 16.7 Å². The molecule has 3 aromatic rings. The minimum absolute atomic E-state index is 0.575. The van der Waals surface area contributed by atoms with Crippen molar-refractivity contribution in [3.63, 3.8) is 0 Å². The van der Waals surface area contributed by atoms with Crippen LogP contribution in [0.25, 0.3) is 11.0 Å². The molecule has 1 N–H and O–H groups in total. The number of furan rings is 1. The molecule has 0 amide bonds. The maximum atomic E-state index is 10.6. The topological polar surface area (TPSA) is 36.6 Å². The molecule has 1 heterocycles. The molecule has 0 aliphatic rings. The lowest BCUT2D eigenvalue weighted by atomic mass is 10.1. The molecule has 0 saturated carbocycles. The largest absolute Gasteiger partial charge is 0.458 e. The standard InChI is InChI=1S/C18H19NO2/c1-12-7-8-16-14(9-12)11-17(21-16)18(20)13-5-4-6-15(10-13)19(2)3/h4-11,18,20H,1-3H3. The molecule has 3 rings (SSSR count). The van der Waals surface area contributed by atoms with E-state index in [-0.39, 0.29) is 0 Å². The molecular weight excluding hydrogens is 262 g/mol. The maximum Gasteiger partial charge on any atom is 0.138 e. The molecule has 0 bridgehead atoms. The predicted molar refractivity (Wildman–Crippen MR) is 85.8 cm³/mol. The molecule has 3 heteroatoms. The highest BCUT2D eigenvalue weighted by Gasteiger charge is 2.16. The monoisotopic (exact) mass is 281 g/mol. The van der Waals surface area contributed by atoms with Gasteiger partial charge in [-0.15, -0.1) is 0 Å². The second-order valence-corrected chi connectivity index (χ2v) is 5.58. The number of aliphatic hydroxyl groups is 1. The van der Waals surface area contributed by atoms with Gasteiger partial charge in [0.25, 0.3) is 0 Å². The first kappa shape index (κ1) is 13.7. The summed E-state index contributed by atoms with van der Waals surface area (Å²) in [7, 11) is 3.96. The van der Waals surface area contributed by atoms with Crippen LogP contribution in [-0.2, 0) is 0 Å². The average Bonchev–Trinajstić information content (AvgIpc) is 2.89. The van der Waals surface area contributed by atoms with E-state index >= 15 is 0 Å². The summed E-state index contributed by atoms with van der Waals surface area (Å²) in [6.45, 7) is 2.04. The Hall–Kier alpha value is -2.26. The first-order valence-corrected chi connectivity index (χ1v) is 7.00. The number of aryl methyl sites for hydroxylation is 1. The van der Waals surface area contributed by atoms with Gasteiger partial charge in [0, 0.05) is 25.2 Å². The summed E-state index contributed by atoms with van der Waals surface area (Å²) in [5, 5.41) is 11.6. The first-order valence-electron chi connectivity index (χ1n) is 7.00.